The zero-order chi connectivity index (χ0) is 17.2. The van der Waals surface area contributed by atoms with E-state index in [-0.39, 0.29) is 11.0 Å². The molecule has 0 amide bonds. The van der Waals surface area contributed by atoms with Crippen LogP contribution in [0.3, 0.4) is 0 Å². The molecule has 2 aromatic carbocycles. The number of benzene rings is 2. The van der Waals surface area contributed by atoms with Gasteiger partial charge in [0.05, 0.1) is 15.3 Å². The maximum absolute atomic E-state index is 14.4. The molecule has 0 N–H and O–H groups in total. The monoisotopic (exact) mass is 362 g/mol. The summed E-state index contributed by atoms with van der Waals surface area (Å²) in [6.07, 6.45) is 3.31. The Balaban J connectivity index is 2.54. The topological polar surface area (TPSA) is 0 Å². The van der Waals surface area contributed by atoms with Crippen molar-refractivity contribution < 1.29 is 15.5 Å². The minimum absolute atomic E-state index is 0.107. The third-order valence-electron chi connectivity index (χ3n) is 3.12. The molecule has 2 rings (SSSR count). The highest BCUT2D eigenvalue weighted by molar-refractivity contribution is 8.52. The summed E-state index contributed by atoms with van der Waals surface area (Å²) in [5.74, 6) is 0. The van der Waals surface area contributed by atoms with Gasteiger partial charge < -0.3 is 0 Å². The van der Waals surface area contributed by atoms with Crippen molar-refractivity contribution in [2.75, 3.05) is 0 Å². The number of halogens is 5. The van der Waals surface area contributed by atoms with Gasteiger partial charge in [-0.2, -0.15) is 0 Å². The molecule has 0 saturated heterocycles. The summed E-state index contributed by atoms with van der Waals surface area (Å²) < 4.78 is 57.6. The van der Waals surface area contributed by atoms with Crippen molar-refractivity contribution in [3.05, 3.63) is 77.2 Å². The molecule has 6 heteroatoms. The Bertz CT molecular complexity index is 758. The third kappa shape index (κ3) is 4.18. The summed E-state index contributed by atoms with van der Waals surface area (Å²) in [6.45, 7) is 1.74. The lowest BCUT2D eigenvalue weighted by atomic mass is 10.2. The molecule has 0 unspecified atom stereocenters. The highest BCUT2D eigenvalue weighted by Gasteiger charge is 2.62. The SMILES string of the molecule is C/C=C/c1ccc(S(F)(F)(F)(F)/C=C(\Cl)c2ccccc2)cc1. The first-order valence-electron chi connectivity index (χ1n) is 6.72. The smallest absolute Gasteiger partial charge is 0.117 e. The van der Waals surface area contributed by atoms with Gasteiger partial charge in [0, 0.05) is 0 Å². The molecule has 0 heterocycles. The van der Waals surface area contributed by atoms with Gasteiger partial charge in [0.15, 0.2) is 0 Å². The summed E-state index contributed by atoms with van der Waals surface area (Å²) in [7, 11) is -8.62. The molecule has 2 aromatic rings. The van der Waals surface area contributed by atoms with Gasteiger partial charge in [-0.15, -0.1) is 15.5 Å². The summed E-state index contributed by atoms with van der Waals surface area (Å²) in [4.78, 5) is -1.33. The van der Waals surface area contributed by atoms with Crippen LogP contribution in [0.15, 0.2) is 71.0 Å². The second kappa shape index (κ2) is 5.42. The predicted molar refractivity (Wildman–Crippen MR) is 91.7 cm³/mol. The van der Waals surface area contributed by atoms with Crippen molar-refractivity contribution >= 4 is 32.5 Å². The molecule has 0 saturated carbocycles. The predicted octanol–water partition coefficient (Wildman–Crippen LogP) is 7.73. The summed E-state index contributed by atoms with van der Waals surface area (Å²) in [6, 6.07) is 11.4. The average Bonchev–Trinajstić information content (AvgIpc) is 2.47. The Morgan fingerprint density at radius 3 is 2.00 bits per heavy atom. The largest absolute Gasteiger partial charge is 0.205 e. The van der Waals surface area contributed by atoms with Crippen LogP contribution in [0.4, 0.5) is 15.5 Å². The Morgan fingerprint density at radius 2 is 1.48 bits per heavy atom. The maximum Gasteiger partial charge on any atom is 0.205 e. The first-order chi connectivity index (χ1) is 10.5. The lowest BCUT2D eigenvalue weighted by Gasteiger charge is -2.47. The Kier molecular flexibility index (Phi) is 4.16. The van der Waals surface area contributed by atoms with Gasteiger partial charge in [0.25, 0.3) is 0 Å². The summed E-state index contributed by atoms with van der Waals surface area (Å²) >= 11 is 5.72. The molecule has 124 valence electrons. The van der Waals surface area contributed by atoms with E-state index in [0.717, 1.165) is 12.1 Å². The van der Waals surface area contributed by atoms with E-state index in [1.54, 1.807) is 25.1 Å². The standard InChI is InChI=1S/C17H15ClF4S/c1-2-6-14-9-11-16(12-10-14)23(19,20,21,22)13-17(18)15-7-4-3-5-8-15/h2-13H,1H3/b6-2+,17-13-. The van der Waals surface area contributed by atoms with Gasteiger partial charge in [-0.05, 0) is 30.2 Å². The molecule has 23 heavy (non-hydrogen) atoms. The minimum atomic E-state index is -8.62. The molecule has 0 bridgehead atoms. The second-order valence-electron chi connectivity index (χ2n) is 5.03. The molecule has 0 atom stereocenters. The Hall–Kier alpha value is -1.72. The van der Waals surface area contributed by atoms with Crippen molar-refractivity contribution in [3.63, 3.8) is 0 Å². The van der Waals surface area contributed by atoms with Crippen LogP contribution in [0.25, 0.3) is 11.1 Å². The van der Waals surface area contributed by atoms with E-state index in [0.29, 0.717) is 5.56 Å². The van der Waals surface area contributed by atoms with Gasteiger partial charge in [-0.25, -0.2) is 0 Å². The molecule has 0 aliphatic carbocycles. The van der Waals surface area contributed by atoms with Crippen LogP contribution in [0, 0.1) is 0 Å². The molecular formula is C17H15ClF4S. The first-order valence-corrected chi connectivity index (χ1v) is 9.21. The highest BCUT2D eigenvalue weighted by Crippen LogP contribution is 3.02. The van der Waals surface area contributed by atoms with Crippen LogP contribution < -0.4 is 0 Å². The van der Waals surface area contributed by atoms with E-state index in [1.165, 1.54) is 36.4 Å². The van der Waals surface area contributed by atoms with E-state index in [2.05, 4.69) is 0 Å². The van der Waals surface area contributed by atoms with Crippen LogP contribution in [0.2, 0.25) is 0 Å². The molecule has 0 spiro atoms. The van der Waals surface area contributed by atoms with Gasteiger partial charge in [-0.1, -0.05) is 66.2 Å². The van der Waals surface area contributed by atoms with Crippen molar-refractivity contribution in [1.82, 2.24) is 0 Å². The van der Waals surface area contributed by atoms with E-state index in [4.69, 9.17) is 11.6 Å². The molecular weight excluding hydrogens is 348 g/mol. The summed E-state index contributed by atoms with van der Waals surface area (Å²) in [5, 5.41) is -1.07. The lowest BCUT2D eigenvalue weighted by Crippen LogP contribution is -2.10. The number of hydrogen-bond donors (Lipinski definition) is 0. The fourth-order valence-corrected chi connectivity index (χ4v) is 4.05. The van der Waals surface area contributed by atoms with Crippen molar-refractivity contribution in [1.29, 1.82) is 0 Å². The van der Waals surface area contributed by atoms with E-state index in [9.17, 15) is 15.5 Å². The second-order valence-corrected chi connectivity index (χ2v) is 8.41. The van der Waals surface area contributed by atoms with Crippen molar-refractivity contribution in [2.45, 2.75) is 11.8 Å². The zero-order valence-corrected chi connectivity index (χ0v) is 13.8. The van der Waals surface area contributed by atoms with Gasteiger partial charge in [-0.3, -0.25) is 0 Å². The van der Waals surface area contributed by atoms with Gasteiger partial charge >= 0.3 is 0 Å². The van der Waals surface area contributed by atoms with Crippen LogP contribution in [-0.2, 0) is 0 Å². The van der Waals surface area contributed by atoms with Crippen LogP contribution in [-0.4, -0.2) is 0 Å². The Morgan fingerprint density at radius 1 is 0.913 bits per heavy atom. The maximum atomic E-state index is 14.4. The fraction of sp³-hybridized carbons (Fsp3) is 0.0588. The molecule has 0 radical (unpaired) electrons. The number of allylic oxidation sites excluding steroid dienone is 1. The zero-order valence-electron chi connectivity index (χ0n) is 12.2. The third-order valence-corrected chi connectivity index (χ3v) is 5.55. The normalized spacial score (nSPS) is 16.2. The molecule has 0 aliphatic rings. The van der Waals surface area contributed by atoms with Crippen LogP contribution >= 0.6 is 21.4 Å². The van der Waals surface area contributed by atoms with E-state index >= 15 is 0 Å². The van der Waals surface area contributed by atoms with Gasteiger partial charge in [0.2, 0.25) is 9.84 Å². The number of hydrogen-bond acceptors (Lipinski definition) is 0. The average molecular weight is 363 g/mol. The molecule has 0 nitrogen and oxygen atoms in total. The quantitative estimate of drug-likeness (QED) is 0.488. The van der Waals surface area contributed by atoms with E-state index in [1.807, 2.05) is 0 Å². The highest BCUT2D eigenvalue weighted by atomic mass is 35.5. The molecule has 0 fully saturated rings. The molecule has 0 aliphatic heterocycles. The van der Waals surface area contributed by atoms with Crippen molar-refractivity contribution in [2.24, 2.45) is 0 Å². The van der Waals surface area contributed by atoms with Crippen LogP contribution in [0.1, 0.15) is 18.1 Å². The minimum Gasteiger partial charge on any atom is -0.117 e. The first kappa shape index (κ1) is 17.6. The summed E-state index contributed by atoms with van der Waals surface area (Å²) in [5.41, 5.74) is 0.665. The van der Waals surface area contributed by atoms with Gasteiger partial charge in [0.1, 0.15) is 0 Å². The van der Waals surface area contributed by atoms with E-state index < -0.39 is 19.8 Å². The fourth-order valence-electron chi connectivity index (χ4n) is 2.00. The molecule has 0 aromatic heterocycles. The van der Waals surface area contributed by atoms with Crippen LogP contribution in [0.5, 0.6) is 0 Å². The van der Waals surface area contributed by atoms with Crippen molar-refractivity contribution in [3.8, 4) is 0 Å². The lowest BCUT2D eigenvalue weighted by molar-refractivity contribution is 0.466. The Labute approximate surface area is 137 Å². The number of rotatable bonds is 4.